The maximum Gasteiger partial charge on any atom is 0.254 e. The molecule has 2 N–H and O–H groups in total. The molecule has 104 valence electrons. The Kier molecular flexibility index (Phi) is 4.54. The number of amides is 1. The van der Waals surface area contributed by atoms with E-state index in [1.807, 2.05) is 0 Å². The van der Waals surface area contributed by atoms with Crippen molar-refractivity contribution in [3.63, 3.8) is 0 Å². The Morgan fingerprint density at radius 1 is 1.47 bits per heavy atom. The van der Waals surface area contributed by atoms with Gasteiger partial charge in [0.15, 0.2) is 0 Å². The van der Waals surface area contributed by atoms with Crippen molar-refractivity contribution in [2.75, 3.05) is 19.8 Å². The topological polar surface area (TPSA) is 58.6 Å². The summed E-state index contributed by atoms with van der Waals surface area (Å²) in [6, 6.07) is 4.17. The summed E-state index contributed by atoms with van der Waals surface area (Å²) in [6.07, 6.45) is 0.933. The number of hydrogen-bond donors (Lipinski definition) is 2. The molecule has 4 nitrogen and oxygen atoms in total. The minimum absolute atomic E-state index is 0.0370. The van der Waals surface area contributed by atoms with Crippen LogP contribution in [-0.2, 0) is 4.74 Å². The molecule has 0 unspecified atom stereocenters. The van der Waals surface area contributed by atoms with Crippen molar-refractivity contribution < 1.29 is 19.0 Å². The van der Waals surface area contributed by atoms with Gasteiger partial charge in [-0.15, -0.1) is 0 Å². The van der Waals surface area contributed by atoms with Gasteiger partial charge in [-0.05, 0) is 18.2 Å². The predicted octanol–water partition coefficient (Wildman–Crippen LogP) is 1.86. The molecule has 1 saturated heterocycles. The van der Waals surface area contributed by atoms with E-state index in [1.54, 1.807) is 0 Å². The Bertz CT molecular complexity index is 475. The fourth-order valence-corrected chi connectivity index (χ4v) is 2.30. The highest BCUT2D eigenvalue weighted by atomic mass is 79.9. The van der Waals surface area contributed by atoms with Crippen LogP contribution >= 0.6 is 15.9 Å². The standard InChI is InChI=1S/C13H15BrFNO3/c14-9-1-2-11(15)10(7-9)12(17)16-8-13(18)3-5-19-6-4-13/h1-2,7,18H,3-6,8H2,(H,16,17). The van der Waals surface area contributed by atoms with Crippen LogP contribution in [-0.4, -0.2) is 36.4 Å². The molecule has 1 aromatic rings. The van der Waals surface area contributed by atoms with E-state index >= 15 is 0 Å². The number of carbonyl (C=O) groups excluding carboxylic acids is 1. The predicted molar refractivity (Wildman–Crippen MR) is 71.4 cm³/mol. The first-order valence-electron chi connectivity index (χ1n) is 6.04. The normalized spacial score (nSPS) is 18.1. The van der Waals surface area contributed by atoms with Crippen molar-refractivity contribution in [1.82, 2.24) is 5.32 Å². The summed E-state index contributed by atoms with van der Waals surface area (Å²) in [5.41, 5.74) is -0.999. The molecule has 0 saturated carbocycles. The summed E-state index contributed by atoms with van der Waals surface area (Å²) in [4.78, 5) is 11.9. The molecule has 0 spiro atoms. The first kappa shape index (κ1) is 14.4. The Labute approximate surface area is 119 Å². The van der Waals surface area contributed by atoms with Gasteiger partial charge in [0, 0.05) is 37.1 Å². The SMILES string of the molecule is O=C(NCC1(O)CCOCC1)c1cc(Br)ccc1F. The van der Waals surface area contributed by atoms with Gasteiger partial charge in [0.2, 0.25) is 0 Å². The Morgan fingerprint density at radius 3 is 2.84 bits per heavy atom. The molecule has 6 heteroatoms. The fourth-order valence-electron chi connectivity index (χ4n) is 1.94. The van der Waals surface area contributed by atoms with Crippen LogP contribution in [0, 0.1) is 5.82 Å². The van der Waals surface area contributed by atoms with Crippen LogP contribution < -0.4 is 5.32 Å². The van der Waals surface area contributed by atoms with Crippen LogP contribution in [0.4, 0.5) is 4.39 Å². The van der Waals surface area contributed by atoms with Crippen LogP contribution in [0.15, 0.2) is 22.7 Å². The molecule has 0 aromatic heterocycles. The first-order chi connectivity index (χ1) is 9.00. The first-order valence-corrected chi connectivity index (χ1v) is 6.83. The van der Waals surface area contributed by atoms with E-state index in [-0.39, 0.29) is 12.1 Å². The fraction of sp³-hybridized carbons (Fsp3) is 0.462. The molecule has 1 fully saturated rings. The lowest BCUT2D eigenvalue weighted by atomic mass is 9.94. The number of halogens is 2. The molecule has 1 aliphatic heterocycles. The number of aliphatic hydroxyl groups is 1. The average Bonchev–Trinajstić information content (AvgIpc) is 2.40. The molecule has 0 bridgehead atoms. The van der Waals surface area contributed by atoms with Crippen LogP contribution in [0.1, 0.15) is 23.2 Å². The second-order valence-electron chi connectivity index (χ2n) is 4.64. The third kappa shape index (κ3) is 3.75. The quantitative estimate of drug-likeness (QED) is 0.888. The van der Waals surface area contributed by atoms with Gasteiger partial charge in [0.25, 0.3) is 5.91 Å². The summed E-state index contributed by atoms with van der Waals surface area (Å²) in [7, 11) is 0. The van der Waals surface area contributed by atoms with Crippen molar-refractivity contribution in [2.45, 2.75) is 18.4 Å². The van der Waals surface area contributed by atoms with Crippen LogP contribution in [0.2, 0.25) is 0 Å². The highest BCUT2D eigenvalue weighted by molar-refractivity contribution is 9.10. The van der Waals surface area contributed by atoms with E-state index in [9.17, 15) is 14.3 Å². The van der Waals surface area contributed by atoms with Crippen molar-refractivity contribution in [1.29, 1.82) is 0 Å². The Balaban J connectivity index is 1.99. The summed E-state index contributed by atoms with van der Waals surface area (Å²) in [5.74, 6) is -1.11. The molecule has 2 rings (SSSR count). The smallest absolute Gasteiger partial charge is 0.254 e. The summed E-state index contributed by atoms with van der Waals surface area (Å²) >= 11 is 3.19. The third-order valence-corrected chi connectivity index (χ3v) is 3.67. The van der Waals surface area contributed by atoms with Gasteiger partial charge in [-0.1, -0.05) is 15.9 Å². The second kappa shape index (κ2) is 5.98. The van der Waals surface area contributed by atoms with Crippen molar-refractivity contribution in [2.24, 2.45) is 0 Å². The van der Waals surface area contributed by atoms with Gasteiger partial charge in [-0.25, -0.2) is 4.39 Å². The monoisotopic (exact) mass is 331 g/mol. The maximum atomic E-state index is 13.5. The number of benzene rings is 1. The van der Waals surface area contributed by atoms with E-state index in [1.165, 1.54) is 18.2 Å². The van der Waals surface area contributed by atoms with Crippen LogP contribution in [0.3, 0.4) is 0 Å². The summed E-state index contributed by atoms with van der Waals surface area (Å²) in [5, 5.41) is 12.8. The molecule has 1 amide bonds. The number of hydrogen-bond acceptors (Lipinski definition) is 3. The van der Waals surface area contributed by atoms with Crippen molar-refractivity contribution >= 4 is 21.8 Å². The zero-order chi connectivity index (χ0) is 13.9. The second-order valence-corrected chi connectivity index (χ2v) is 5.56. The Morgan fingerprint density at radius 2 is 2.16 bits per heavy atom. The highest BCUT2D eigenvalue weighted by Gasteiger charge is 2.30. The van der Waals surface area contributed by atoms with E-state index < -0.39 is 17.3 Å². The molecular weight excluding hydrogens is 317 g/mol. The van der Waals surface area contributed by atoms with E-state index in [0.29, 0.717) is 30.5 Å². The van der Waals surface area contributed by atoms with Gasteiger partial charge in [0.05, 0.1) is 11.2 Å². The number of ether oxygens (including phenoxy) is 1. The van der Waals surface area contributed by atoms with Gasteiger partial charge >= 0.3 is 0 Å². The van der Waals surface area contributed by atoms with Crippen LogP contribution in [0.5, 0.6) is 0 Å². The van der Waals surface area contributed by atoms with E-state index in [2.05, 4.69) is 21.2 Å². The largest absolute Gasteiger partial charge is 0.388 e. The molecule has 1 heterocycles. The minimum atomic E-state index is -0.962. The zero-order valence-corrected chi connectivity index (χ0v) is 11.9. The molecule has 0 atom stereocenters. The number of carbonyl (C=O) groups is 1. The van der Waals surface area contributed by atoms with Crippen molar-refractivity contribution in [3.05, 3.63) is 34.1 Å². The number of nitrogens with one attached hydrogen (secondary N) is 1. The molecule has 1 aromatic carbocycles. The zero-order valence-electron chi connectivity index (χ0n) is 10.3. The molecule has 0 radical (unpaired) electrons. The summed E-state index contributed by atoms with van der Waals surface area (Å²) in [6.45, 7) is 1.04. The summed E-state index contributed by atoms with van der Waals surface area (Å²) < 4.78 is 19.3. The van der Waals surface area contributed by atoms with Gasteiger partial charge in [-0.3, -0.25) is 4.79 Å². The van der Waals surface area contributed by atoms with E-state index in [0.717, 1.165) is 0 Å². The number of rotatable bonds is 3. The van der Waals surface area contributed by atoms with Crippen molar-refractivity contribution in [3.8, 4) is 0 Å². The Hall–Kier alpha value is -0.980. The maximum absolute atomic E-state index is 13.5. The highest BCUT2D eigenvalue weighted by Crippen LogP contribution is 2.20. The van der Waals surface area contributed by atoms with Crippen LogP contribution in [0.25, 0.3) is 0 Å². The van der Waals surface area contributed by atoms with Gasteiger partial charge in [-0.2, -0.15) is 0 Å². The van der Waals surface area contributed by atoms with E-state index in [4.69, 9.17) is 4.74 Å². The minimum Gasteiger partial charge on any atom is -0.388 e. The van der Waals surface area contributed by atoms with Gasteiger partial charge in [0.1, 0.15) is 5.82 Å². The average molecular weight is 332 g/mol. The molecule has 0 aliphatic carbocycles. The van der Waals surface area contributed by atoms with Gasteiger partial charge < -0.3 is 15.2 Å². The lowest BCUT2D eigenvalue weighted by Crippen LogP contribution is -2.46. The lowest BCUT2D eigenvalue weighted by Gasteiger charge is -2.32. The molecule has 1 aliphatic rings. The molecule has 19 heavy (non-hydrogen) atoms. The lowest BCUT2D eigenvalue weighted by molar-refractivity contribution is -0.0605. The molecular formula is C13H15BrFNO3. The third-order valence-electron chi connectivity index (χ3n) is 3.17.